The van der Waals surface area contributed by atoms with E-state index in [4.69, 9.17) is 9.47 Å². The molecule has 29 heavy (non-hydrogen) atoms. The second kappa shape index (κ2) is 8.33. The maximum Gasteiger partial charge on any atom is 0.339 e. The minimum absolute atomic E-state index is 0.138. The monoisotopic (exact) mass is 455 g/mol. The Bertz CT molecular complexity index is 1070. The zero-order valence-electron chi connectivity index (χ0n) is 16.8. The Hall–Kier alpha value is -2.73. The summed E-state index contributed by atoms with van der Waals surface area (Å²) in [4.78, 5) is 29.7. The van der Waals surface area contributed by atoms with Gasteiger partial charge in [-0.05, 0) is 48.5 Å². The molecule has 3 rings (SSSR count). The minimum atomic E-state index is -0.572. The van der Waals surface area contributed by atoms with Gasteiger partial charge in [-0.1, -0.05) is 36.7 Å². The second-order valence-electron chi connectivity index (χ2n) is 7.69. The van der Waals surface area contributed by atoms with Crippen LogP contribution in [0, 0.1) is 5.41 Å². The number of aromatic nitrogens is 1. The van der Waals surface area contributed by atoms with Crippen LogP contribution in [0.2, 0.25) is 0 Å². The summed E-state index contributed by atoms with van der Waals surface area (Å²) in [7, 11) is 1.61. The van der Waals surface area contributed by atoms with E-state index in [0.717, 1.165) is 15.8 Å². The summed E-state index contributed by atoms with van der Waals surface area (Å²) in [6.45, 7) is 5.12. The summed E-state index contributed by atoms with van der Waals surface area (Å²) in [6.07, 6.45) is 0. The number of ketones is 1. The molecule has 150 valence electrons. The van der Waals surface area contributed by atoms with E-state index >= 15 is 0 Å². The van der Waals surface area contributed by atoms with Gasteiger partial charge in [0.25, 0.3) is 0 Å². The van der Waals surface area contributed by atoms with Gasteiger partial charge < -0.3 is 9.47 Å². The lowest BCUT2D eigenvalue weighted by atomic mass is 9.91. The van der Waals surface area contributed by atoms with Crippen LogP contribution in [0.25, 0.3) is 22.2 Å². The van der Waals surface area contributed by atoms with Crippen LogP contribution >= 0.6 is 15.9 Å². The van der Waals surface area contributed by atoms with E-state index in [1.165, 1.54) is 0 Å². The molecule has 0 spiro atoms. The van der Waals surface area contributed by atoms with Crippen molar-refractivity contribution >= 4 is 38.6 Å². The fourth-order valence-electron chi connectivity index (χ4n) is 2.70. The van der Waals surface area contributed by atoms with E-state index in [1.54, 1.807) is 33.9 Å². The number of rotatable bonds is 5. The van der Waals surface area contributed by atoms with Crippen molar-refractivity contribution in [2.45, 2.75) is 20.8 Å². The van der Waals surface area contributed by atoms with Gasteiger partial charge in [0.1, 0.15) is 5.75 Å². The van der Waals surface area contributed by atoms with E-state index in [9.17, 15) is 9.59 Å². The van der Waals surface area contributed by atoms with Crippen LogP contribution in [0.1, 0.15) is 31.1 Å². The first-order valence-electron chi connectivity index (χ1n) is 9.14. The highest BCUT2D eigenvalue weighted by Gasteiger charge is 2.24. The molecule has 1 aromatic heterocycles. The van der Waals surface area contributed by atoms with Crippen LogP contribution in [-0.2, 0) is 9.53 Å². The van der Waals surface area contributed by atoms with Gasteiger partial charge in [0.2, 0.25) is 0 Å². The molecule has 0 radical (unpaired) electrons. The maximum absolute atomic E-state index is 12.8. The van der Waals surface area contributed by atoms with Gasteiger partial charge in [0.05, 0.1) is 23.9 Å². The van der Waals surface area contributed by atoms with E-state index in [0.29, 0.717) is 22.2 Å². The number of methoxy groups -OCH3 is 1. The third-order valence-corrected chi connectivity index (χ3v) is 5.04. The van der Waals surface area contributed by atoms with Crippen molar-refractivity contribution in [3.05, 3.63) is 58.6 Å². The van der Waals surface area contributed by atoms with Crippen molar-refractivity contribution in [2.24, 2.45) is 5.41 Å². The highest BCUT2D eigenvalue weighted by Crippen LogP contribution is 2.29. The first kappa shape index (κ1) is 21.0. The Morgan fingerprint density at radius 3 is 2.34 bits per heavy atom. The van der Waals surface area contributed by atoms with Gasteiger partial charge in [-0.3, -0.25) is 4.79 Å². The number of nitrogens with zero attached hydrogens (tertiary/aromatic N) is 1. The van der Waals surface area contributed by atoms with Crippen molar-refractivity contribution in [1.29, 1.82) is 0 Å². The average molecular weight is 456 g/mol. The van der Waals surface area contributed by atoms with Gasteiger partial charge >= 0.3 is 5.97 Å². The Morgan fingerprint density at radius 2 is 1.72 bits per heavy atom. The fourth-order valence-corrected chi connectivity index (χ4v) is 3.06. The van der Waals surface area contributed by atoms with Crippen LogP contribution in [-0.4, -0.2) is 30.5 Å². The molecule has 0 bridgehead atoms. The summed E-state index contributed by atoms with van der Waals surface area (Å²) in [5, 5.41) is 0.657. The number of hydrogen-bond donors (Lipinski definition) is 0. The van der Waals surface area contributed by atoms with Crippen molar-refractivity contribution in [3.63, 3.8) is 0 Å². The van der Waals surface area contributed by atoms with Gasteiger partial charge in [0, 0.05) is 20.8 Å². The standard InChI is InChI=1S/C23H22BrNO4/c1-23(2,3)21(26)13-29-22(27)18-12-20(14-5-8-16(28-4)9-6-14)25-19-10-7-15(24)11-17(18)19/h5-12H,13H2,1-4H3. The van der Waals surface area contributed by atoms with Gasteiger partial charge in [-0.2, -0.15) is 0 Å². The van der Waals surface area contributed by atoms with Crippen molar-refractivity contribution in [3.8, 4) is 17.0 Å². The first-order chi connectivity index (χ1) is 13.7. The van der Waals surface area contributed by atoms with Crippen LogP contribution in [0.15, 0.2) is 53.0 Å². The summed E-state index contributed by atoms with van der Waals surface area (Å²) in [5.41, 5.74) is 1.93. The van der Waals surface area contributed by atoms with E-state index in [2.05, 4.69) is 20.9 Å². The molecule has 0 atom stereocenters. The number of hydrogen-bond acceptors (Lipinski definition) is 5. The number of fused-ring (bicyclic) bond motifs is 1. The van der Waals surface area contributed by atoms with E-state index in [-0.39, 0.29) is 12.4 Å². The number of carbonyl (C=O) groups is 2. The van der Waals surface area contributed by atoms with Crippen LogP contribution in [0.4, 0.5) is 0 Å². The number of esters is 1. The molecule has 6 heteroatoms. The van der Waals surface area contributed by atoms with Crippen LogP contribution < -0.4 is 4.74 Å². The van der Waals surface area contributed by atoms with E-state index < -0.39 is 11.4 Å². The number of halogens is 1. The lowest BCUT2D eigenvalue weighted by Crippen LogP contribution is -2.26. The molecule has 1 heterocycles. The number of Topliss-reactive ketones (excluding diaryl/α,β-unsaturated/α-hetero) is 1. The molecule has 0 unspecified atom stereocenters. The molecule has 0 aliphatic rings. The molecule has 2 aromatic carbocycles. The Balaban J connectivity index is 2.02. The molecule has 0 aliphatic carbocycles. The quantitative estimate of drug-likeness (QED) is 0.478. The molecule has 0 fully saturated rings. The fraction of sp³-hybridized carbons (Fsp3) is 0.261. The Kier molecular flexibility index (Phi) is 6.03. The molecule has 0 saturated heterocycles. The number of ether oxygens (including phenoxy) is 2. The molecule has 0 amide bonds. The highest BCUT2D eigenvalue weighted by atomic mass is 79.9. The zero-order chi connectivity index (χ0) is 21.2. The molecule has 0 N–H and O–H groups in total. The average Bonchev–Trinajstić information content (AvgIpc) is 2.70. The third-order valence-electron chi connectivity index (χ3n) is 4.55. The summed E-state index contributed by atoms with van der Waals surface area (Å²) in [6, 6.07) is 14.7. The largest absolute Gasteiger partial charge is 0.497 e. The SMILES string of the molecule is COc1ccc(-c2cc(C(=O)OCC(=O)C(C)(C)C)c3cc(Br)ccc3n2)cc1. The van der Waals surface area contributed by atoms with Gasteiger partial charge in [-0.25, -0.2) is 9.78 Å². The smallest absolute Gasteiger partial charge is 0.339 e. The molecular formula is C23H22BrNO4. The van der Waals surface area contributed by atoms with Gasteiger partial charge in [-0.15, -0.1) is 0 Å². The number of benzene rings is 2. The van der Waals surface area contributed by atoms with Gasteiger partial charge in [0.15, 0.2) is 12.4 Å². The van der Waals surface area contributed by atoms with Crippen molar-refractivity contribution in [1.82, 2.24) is 4.98 Å². The zero-order valence-corrected chi connectivity index (χ0v) is 18.4. The second-order valence-corrected chi connectivity index (χ2v) is 8.61. The first-order valence-corrected chi connectivity index (χ1v) is 9.93. The predicted molar refractivity (Wildman–Crippen MR) is 116 cm³/mol. The third kappa shape index (κ3) is 4.82. The predicted octanol–water partition coefficient (Wildman–Crippen LogP) is 5.44. The Labute approximate surface area is 178 Å². The lowest BCUT2D eigenvalue weighted by molar-refractivity contribution is -0.129. The highest BCUT2D eigenvalue weighted by molar-refractivity contribution is 9.10. The topological polar surface area (TPSA) is 65.5 Å². The normalized spacial score (nSPS) is 11.3. The van der Waals surface area contributed by atoms with Crippen LogP contribution in [0.3, 0.4) is 0 Å². The maximum atomic E-state index is 12.8. The summed E-state index contributed by atoms with van der Waals surface area (Å²) >= 11 is 3.44. The number of pyridine rings is 1. The van der Waals surface area contributed by atoms with Crippen molar-refractivity contribution < 1.29 is 19.1 Å². The Morgan fingerprint density at radius 1 is 1.03 bits per heavy atom. The van der Waals surface area contributed by atoms with Crippen molar-refractivity contribution in [2.75, 3.05) is 13.7 Å². The molecule has 0 saturated carbocycles. The molecular weight excluding hydrogens is 434 g/mol. The lowest BCUT2D eigenvalue weighted by Gasteiger charge is -2.16. The van der Waals surface area contributed by atoms with Crippen LogP contribution in [0.5, 0.6) is 5.75 Å². The number of carbonyl (C=O) groups excluding carboxylic acids is 2. The summed E-state index contributed by atoms with van der Waals surface area (Å²) in [5.74, 6) is 0.0439. The van der Waals surface area contributed by atoms with E-state index in [1.807, 2.05) is 42.5 Å². The minimum Gasteiger partial charge on any atom is -0.497 e. The molecule has 3 aromatic rings. The molecule has 0 aliphatic heterocycles. The summed E-state index contributed by atoms with van der Waals surface area (Å²) < 4.78 is 11.4. The molecule has 5 nitrogen and oxygen atoms in total.